The maximum Gasteiger partial charge on any atom is 0.161 e. The van der Waals surface area contributed by atoms with Gasteiger partial charge in [0.15, 0.2) is 5.82 Å². The maximum atomic E-state index is 4.75. The van der Waals surface area contributed by atoms with Gasteiger partial charge in [0, 0.05) is 23.7 Å². The number of hydrogen-bond donors (Lipinski definition) is 2. The first-order chi connectivity index (χ1) is 9.83. The summed E-state index contributed by atoms with van der Waals surface area (Å²) in [6.07, 6.45) is 2.91. The lowest BCUT2D eigenvalue weighted by Gasteiger charge is -2.06. The summed E-state index contributed by atoms with van der Waals surface area (Å²) in [4.78, 5) is 12.7. The fraction of sp³-hybridized carbons (Fsp3) is 0.250. The first-order valence-corrected chi connectivity index (χ1v) is 6.90. The third-order valence-corrected chi connectivity index (χ3v) is 3.42. The first kappa shape index (κ1) is 12.8. The van der Waals surface area contributed by atoms with E-state index >= 15 is 0 Å². The van der Waals surface area contributed by atoms with Crippen LogP contribution in [0.15, 0.2) is 36.5 Å². The van der Waals surface area contributed by atoms with Crippen molar-refractivity contribution in [3.63, 3.8) is 0 Å². The highest BCUT2D eigenvalue weighted by molar-refractivity contribution is 5.84. The molecule has 2 N–H and O–H groups in total. The van der Waals surface area contributed by atoms with Gasteiger partial charge in [-0.2, -0.15) is 0 Å². The molecule has 0 saturated carbocycles. The highest BCUT2D eigenvalue weighted by Gasteiger charge is 2.12. The number of nitrogens with zero attached hydrogens (tertiary/aromatic N) is 2. The van der Waals surface area contributed by atoms with Crippen LogP contribution < -0.4 is 5.32 Å². The number of rotatable bonds is 4. The number of aromatic nitrogens is 3. The van der Waals surface area contributed by atoms with Gasteiger partial charge in [0.05, 0.1) is 5.69 Å². The van der Waals surface area contributed by atoms with Gasteiger partial charge in [-0.15, -0.1) is 0 Å². The Hall–Kier alpha value is -2.20. The van der Waals surface area contributed by atoms with E-state index < -0.39 is 0 Å². The van der Waals surface area contributed by atoms with E-state index in [1.54, 1.807) is 0 Å². The largest absolute Gasteiger partial charge is 0.346 e. The Balaban J connectivity index is 2.19. The summed E-state index contributed by atoms with van der Waals surface area (Å²) in [5.41, 5.74) is 4.29. The van der Waals surface area contributed by atoms with Crippen LogP contribution in [-0.2, 0) is 13.0 Å². The molecule has 102 valence electrons. The number of hydrogen-bond acceptors (Lipinski definition) is 3. The molecule has 0 amide bonds. The van der Waals surface area contributed by atoms with Crippen molar-refractivity contribution in [3.05, 3.63) is 47.8 Å². The Kier molecular flexibility index (Phi) is 3.48. The van der Waals surface area contributed by atoms with Crippen molar-refractivity contribution in [1.29, 1.82) is 0 Å². The number of H-pyrrole nitrogens is 1. The molecule has 0 spiro atoms. The molecule has 0 unspecified atom stereocenters. The molecule has 0 aliphatic carbocycles. The average molecular weight is 266 g/mol. The van der Waals surface area contributed by atoms with Gasteiger partial charge in [-0.1, -0.05) is 37.3 Å². The summed E-state index contributed by atoms with van der Waals surface area (Å²) in [7, 11) is 1.95. The number of benzene rings is 1. The second kappa shape index (κ2) is 5.43. The molecule has 3 aromatic rings. The number of aryl methyl sites for hydroxylation is 1. The molecule has 2 aromatic heterocycles. The normalized spacial score (nSPS) is 11.1. The predicted octanol–water partition coefficient (Wildman–Crippen LogP) is 2.91. The van der Waals surface area contributed by atoms with E-state index in [-0.39, 0.29) is 0 Å². The summed E-state index contributed by atoms with van der Waals surface area (Å²) in [6, 6.07) is 10.1. The topological polar surface area (TPSA) is 53.6 Å². The molecular weight excluding hydrogens is 248 g/mol. The SMILES string of the molecule is CCc1nc(-c2ccccc2)nc2[nH]cc(CNC)c12. The molecule has 0 bridgehead atoms. The Morgan fingerprint density at radius 2 is 1.95 bits per heavy atom. The van der Waals surface area contributed by atoms with E-state index in [0.29, 0.717) is 0 Å². The third kappa shape index (κ3) is 2.18. The van der Waals surface area contributed by atoms with Crippen molar-refractivity contribution in [3.8, 4) is 11.4 Å². The summed E-state index contributed by atoms with van der Waals surface area (Å²) in [6.45, 7) is 2.95. The Bertz CT molecular complexity index is 716. The van der Waals surface area contributed by atoms with E-state index in [1.807, 2.05) is 43.6 Å². The van der Waals surface area contributed by atoms with Crippen molar-refractivity contribution in [1.82, 2.24) is 20.3 Å². The maximum absolute atomic E-state index is 4.75. The molecule has 0 aliphatic heterocycles. The minimum absolute atomic E-state index is 0.785. The zero-order valence-electron chi connectivity index (χ0n) is 11.8. The highest BCUT2D eigenvalue weighted by Crippen LogP contribution is 2.24. The van der Waals surface area contributed by atoms with Crippen LogP contribution in [0.25, 0.3) is 22.4 Å². The van der Waals surface area contributed by atoms with Gasteiger partial charge >= 0.3 is 0 Å². The molecule has 4 heteroatoms. The van der Waals surface area contributed by atoms with E-state index in [0.717, 1.165) is 41.1 Å². The Morgan fingerprint density at radius 1 is 1.15 bits per heavy atom. The van der Waals surface area contributed by atoms with E-state index in [1.165, 1.54) is 5.56 Å². The van der Waals surface area contributed by atoms with Crippen molar-refractivity contribution in [2.75, 3.05) is 7.05 Å². The van der Waals surface area contributed by atoms with E-state index in [9.17, 15) is 0 Å². The second-order valence-electron chi connectivity index (χ2n) is 4.78. The molecule has 0 atom stereocenters. The van der Waals surface area contributed by atoms with E-state index in [2.05, 4.69) is 22.2 Å². The van der Waals surface area contributed by atoms with Gasteiger partial charge in [0.25, 0.3) is 0 Å². The van der Waals surface area contributed by atoms with Gasteiger partial charge < -0.3 is 10.3 Å². The fourth-order valence-corrected chi connectivity index (χ4v) is 2.48. The molecule has 0 saturated heterocycles. The molecule has 0 fully saturated rings. The smallest absolute Gasteiger partial charge is 0.161 e. The fourth-order valence-electron chi connectivity index (χ4n) is 2.48. The Labute approximate surface area is 118 Å². The molecule has 0 aliphatic rings. The standard InChI is InChI=1S/C16H18N4/c1-3-13-14-12(9-17-2)10-18-16(14)20-15(19-13)11-7-5-4-6-8-11/h4-8,10,17H,3,9H2,1-2H3,(H,18,19,20). The lowest BCUT2D eigenvalue weighted by molar-refractivity contribution is 0.822. The molecule has 20 heavy (non-hydrogen) atoms. The summed E-state index contributed by atoms with van der Waals surface area (Å²) < 4.78 is 0. The summed E-state index contributed by atoms with van der Waals surface area (Å²) in [5, 5.41) is 4.34. The van der Waals surface area contributed by atoms with Gasteiger partial charge in [-0.3, -0.25) is 0 Å². The zero-order chi connectivity index (χ0) is 13.9. The first-order valence-electron chi connectivity index (χ1n) is 6.90. The minimum atomic E-state index is 0.785. The zero-order valence-corrected chi connectivity index (χ0v) is 11.8. The second-order valence-corrected chi connectivity index (χ2v) is 4.78. The minimum Gasteiger partial charge on any atom is -0.346 e. The predicted molar refractivity (Wildman–Crippen MR) is 81.5 cm³/mol. The lowest BCUT2D eigenvalue weighted by Crippen LogP contribution is -2.05. The number of fused-ring (bicyclic) bond motifs is 1. The quantitative estimate of drug-likeness (QED) is 0.763. The Morgan fingerprint density at radius 3 is 2.65 bits per heavy atom. The number of nitrogens with one attached hydrogen (secondary N) is 2. The molecule has 4 nitrogen and oxygen atoms in total. The lowest BCUT2D eigenvalue weighted by atomic mass is 10.1. The monoisotopic (exact) mass is 266 g/mol. The number of aromatic amines is 1. The third-order valence-electron chi connectivity index (χ3n) is 3.42. The van der Waals surface area contributed by atoms with Crippen LogP contribution >= 0.6 is 0 Å². The van der Waals surface area contributed by atoms with Gasteiger partial charge in [0.2, 0.25) is 0 Å². The molecule has 0 radical (unpaired) electrons. The van der Waals surface area contributed by atoms with Crippen molar-refractivity contribution in [2.24, 2.45) is 0 Å². The van der Waals surface area contributed by atoms with Crippen molar-refractivity contribution in [2.45, 2.75) is 19.9 Å². The van der Waals surface area contributed by atoms with Crippen LogP contribution in [0, 0.1) is 0 Å². The molecular formula is C16H18N4. The van der Waals surface area contributed by atoms with Crippen LogP contribution in [0.1, 0.15) is 18.2 Å². The van der Waals surface area contributed by atoms with Crippen LogP contribution in [0.2, 0.25) is 0 Å². The van der Waals surface area contributed by atoms with Crippen molar-refractivity contribution >= 4 is 11.0 Å². The van der Waals surface area contributed by atoms with Crippen LogP contribution in [-0.4, -0.2) is 22.0 Å². The van der Waals surface area contributed by atoms with Gasteiger partial charge in [-0.05, 0) is 19.0 Å². The van der Waals surface area contributed by atoms with Gasteiger partial charge in [0.1, 0.15) is 5.65 Å². The van der Waals surface area contributed by atoms with Crippen LogP contribution in [0.4, 0.5) is 0 Å². The van der Waals surface area contributed by atoms with Gasteiger partial charge in [-0.25, -0.2) is 9.97 Å². The van der Waals surface area contributed by atoms with Crippen LogP contribution in [0.3, 0.4) is 0 Å². The molecule has 2 heterocycles. The summed E-state index contributed by atoms with van der Waals surface area (Å²) in [5.74, 6) is 0.785. The highest BCUT2D eigenvalue weighted by atomic mass is 15.0. The van der Waals surface area contributed by atoms with Crippen molar-refractivity contribution < 1.29 is 0 Å². The average Bonchev–Trinajstić information content (AvgIpc) is 2.91. The van der Waals surface area contributed by atoms with Crippen LogP contribution in [0.5, 0.6) is 0 Å². The molecule has 1 aromatic carbocycles. The van der Waals surface area contributed by atoms with E-state index in [4.69, 9.17) is 4.98 Å². The molecule has 3 rings (SSSR count). The summed E-state index contributed by atoms with van der Waals surface area (Å²) >= 11 is 0.